The summed E-state index contributed by atoms with van der Waals surface area (Å²) < 4.78 is 49.1. The highest BCUT2D eigenvalue weighted by Gasteiger charge is 2.23. The highest BCUT2D eigenvalue weighted by Crippen LogP contribution is 2.37. The summed E-state index contributed by atoms with van der Waals surface area (Å²) in [5.41, 5.74) is 8.40. The van der Waals surface area contributed by atoms with E-state index < -0.39 is 0 Å². The fraction of sp³-hybridized carbons (Fsp3) is 0.256. The minimum absolute atomic E-state index is 0.207. The number of nitrogens with zero attached hydrogens (tertiary/aromatic N) is 9. The number of benzene rings is 2. The van der Waals surface area contributed by atoms with Crippen molar-refractivity contribution >= 4 is 33.4 Å². The fourth-order valence-corrected chi connectivity index (χ4v) is 8.01. The molecule has 61 heavy (non-hydrogen) atoms. The minimum Gasteiger partial charge on any atom is -0.493 e. The average molecular weight is 827 g/mol. The molecule has 8 aromatic rings. The van der Waals surface area contributed by atoms with Crippen molar-refractivity contribution in [1.82, 2.24) is 49.5 Å². The van der Waals surface area contributed by atoms with E-state index in [4.69, 9.17) is 14.2 Å². The lowest BCUT2D eigenvalue weighted by Crippen LogP contribution is -2.12. The van der Waals surface area contributed by atoms with Crippen molar-refractivity contribution in [3.63, 3.8) is 0 Å². The first-order chi connectivity index (χ1) is 29.6. The van der Waals surface area contributed by atoms with Crippen molar-refractivity contribution in [2.24, 2.45) is 14.1 Å². The number of H-pyrrole nitrogens is 1. The fourth-order valence-electron chi connectivity index (χ4n) is 8.01. The van der Waals surface area contributed by atoms with E-state index in [2.05, 4.69) is 50.7 Å². The highest BCUT2D eigenvalue weighted by molar-refractivity contribution is 6.02. The smallest absolute Gasteiger partial charge is 0.259 e. The van der Waals surface area contributed by atoms with E-state index >= 15 is 0 Å². The van der Waals surface area contributed by atoms with Crippen LogP contribution >= 0.6 is 0 Å². The van der Waals surface area contributed by atoms with Crippen molar-refractivity contribution in [2.75, 3.05) is 31.0 Å². The van der Waals surface area contributed by atoms with E-state index in [1.165, 1.54) is 24.8 Å². The Bertz CT molecular complexity index is 3050. The molecule has 0 amide bonds. The number of nitrogens with one attached hydrogen (secondary N) is 3. The van der Waals surface area contributed by atoms with Crippen LogP contribution in [0.4, 0.5) is 20.4 Å². The number of rotatable bonds is 9. The summed E-state index contributed by atoms with van der Waals surface area (Å²) in [4.78, 5) is 37.5. The predicted molar refractivity (Wildman–Crippen MR) is 224 cm³/mol. The number of pyridine rings is 2. The predicted octanol–water partition coefficient (Wildman–Crippen LogP) is 6.14. The molecule has 0 bridgehead atoms. The largest absolute Gasteiger partial charge is 0.493 e. The van der Waals surface area contributed by atoms with Gasteiger partial charge in [0.15, 0.2) is 11.6 Å². The molecule has 310 valence electrons. The third-order valence-electron chi connectivity index (χ3n) is 10.8. The molecule has 0 fully saturated rings. The van der Waals surface area contributed by atoms with E-state index in [0.717, 1.165) is 45.2 Å². The number of aromatic nitrogens is 10. The van der Waals surface area contributed by atoms with Crippen LogP contribution in [0.1, 0.15) is 33.6 Å². The van der Waals surface area contributed by atoms with Crippen LogP contribution in [0, 0.1) is 25.5 Å². The summed E-state index contributed by atoms with van der Waals surface area (Å²) in [6.45, 7) is 5.39. The van der Waals surface area contributed by atoms with Gasteiger partial charge in [-0.1, -0.05) is 0 Å². The Balaban J connectivity index is 0.000000156. The van der Waals surface area contributed by atoms with Gasteiger partial charge in [0.1, 0.15) is 40.5 Å². The number of ether oxygens (including phenoxy) is 3. The molecule has 0 saturated carbocycles. The highest BCUT2D eigenvalue weighted by atomic mass is 19.1. The van der Waals surface area contributed by atoms with Gasteiger partial charge < -0.3 is 29.8 Å². The number of hydrogen-bond acceptors (Lipinski definition) is 13. The summed E-state index contributed by atoms with van der Waals surface area (Å²) in [5, 5.41) is 16.3. The van der Waals surface area contributed by atoms with Gasteiger partial charge in [0.05, 0.1) is 60.2 Å². The van der Waals surface area contributed by atoms with Crippen LogP contribution in [-0.4, -0.2) is 69.8 Å². The van der Waals surface area contributed by atoms with E-state index in [1.54, 1.807) is 41.0 Å². The summed E-state index contributed by atoms with van der Waals surface area (Å²) in [7, 11) is 5.25. The van der Waals surface area contributed by atoms with Gasteiger partial charge in [0, 0.05) is 85.8 Å². The van der Waals surface area contributed by atoms with E-state index in [-0.39, 0.29) is 30.3 Å². The maximum atomic E-state index is 14.5. The number of aryl methyl sites for hydroxylation is 4. The number of hydrogen-bond donors (Lipinski definition) is 3. The van der Waals surface area contributed by atoms with Crippen molar-refractivity contribution in [3.05, 3.63) is 117 Å². The van der Waals surface area contributed by atoms with Gasteiger partial charge in [-0.2, -0.15) is 10.2 Å². The zero-order valence-electron chi connectivity index (χ0n) is 33.9. The lowest BCUT2D eigenvalue weighted by Gasteiger charge is -2.14. The van der Waals surface area contributed by atoms with Gasteiger partial charge in [-0.3, -0.25) is 14.2 Å². The van der Waals surface area contributed by atoms with Crippen LogP contribution in [0.15, 0.2) is 66.2 Å². The SMILES string of the molecule is COc1ncnc2c(NCc3c(F)ccc4c3CCO4)ncc(-c3cc(C)nn3C)c12.Cc1cc(-c2cnc(NCc3c(F)ccc4c3CCO4)c3nc[nH]c(=O)c23)n(C)n1. The Morgan fingerprint density at radius 3 is 1.77 bits per heavy atom. The van der Waals surface area contributed by atoms with Crippen molar-refractivity contribution in [1.29, 1.82) is 0 Å². The molecule has 2 aliphatic heterocycles. The zero-order valence-corrected chi connectivity index (χ0v) is 33.9. The molecule has 16 nitrogen and oxygen atoms in total. The van der Waals surface area contributed by atoms with Gasteiger partial charge in [0.2, 0.25) is 5.88 Å². The van der Waals surface area contributed by atoms with Crippen LogP contribution in [0.2, 0.25) is 0 Å². The van der Waals surface area contributed by atoms with Crippen LogP contribution in [0.3, 0.4) is 0 Å². The third-order valence-corrected chi connectivity index (χ3v) is 10.8. The molecule has 0 spiro atoms. The monoisotopic (exact) mass is 826 g/mol. The van der Waals surface area contributed by atoms with Crippen LogP contribution in [0.5, 0.6) is 17.4 Å². The molecule has 3 N–H and O–H groups in total. The first-order valence-corrected chi connectivity index (χ1v) is 19.5. The molecule has 8 heterocycles. The standard InChI is InChI=1S/C22H21FN6O2.C21H19FN6O2/c1-12-8-17(29(2)28-12)15-10-25-21(20-19(15)22(30-3)27-11-26-20)24-9-14-13-6-7-31-18(13)5-4-16(14)23;1-11-7-16(28(2)27-11)14-9-24-20(19-18(14)21(29)26-10-25-19)23-8-13-12-5-6-30-17(12)4-3-15(13)22/h4-5,8,10-11H,6-7,9H2,1-3H3,(H,24,25);3-4,7,9-10H,5-6,8H2,1-2H3,(H,23,24)(H,25,26,29). The van der Waals surface area contributed by atoms with Crippen LogP contribution < -0.4 is 30.4 Å². The third kappa shape index (κ3) is 7.19. The van der Waals surface area contributed by atoms with Gasteiger partial charge in [-0.25, -0.2) is 33.7 Å². The number of anilines is 2. The van der Waals surface area contributed by atoms with Crippen molar-refractivity contribution in [2.45, 2.75) is 39.8 Å². The molecule has 0 saturated heterocycles. The molecule has 18 heteroatoms. The lowest BCUT2D eigenvalue weighted by molar-refractivity contribution is 0.356. The summed E-state index contributed by atoms with van der Waals surface area (Å²) in [6.07, 6.45) is 7.47. The normalized spacial score (nSPS) is 12.7. The lowest BCUT2D eigenvalue weighted by atomic mass is 10.0. The Kier molecular flexibility index (Phi) is 10.2. The second-order valence-electron chi connectivity index (χ2n) is 14.6. The van der Waals surface area contributed by atoms with Gasteiger partial charge >= 0.3 is 0 Å². The van der Waals surface area contributed by atoms with E-state index in [9.17, 15) is 13.6 Å². The molecule has 0 atom stereocenters. The Morgan fingerprint density at radius 2 is 1.26 bits per heavy atom. The molecular formula is C43H40F2N12O4. The number of fused-ring (bicyclic) bond motifs is 4. The second-order valence-corrected chi connectivity index (χ2v) is 14.6. The number of methoxy groups -OCH3 is 1. The van der Waals surface area contributed by atoms with Gasteiger partial charge in [-0.05, 0) is 50.2 Å². The first-order valence-electron chi connectivity index (χ1n) is 19.5. The van der Waals surface area contributed by atoms with E-state index in [0.29, 0.717) is 87.8 Å². The molecule has 2 aliphatic rings. The maximum Gasteiger partial charge on any atom is 0.259 e. The van der Waals surface area contributed by atoms with Gasteiger partial charge in [0.25, 0.3) is 5.56 Å². The second kappa shape index (κ2) is 15.9. The van der Waals surface area contributed by atoms with Gasteiger partial charge in [-0.15, -0.1) is 0 Å². The molecule has 10 rings (SSSR count). The van der Waals surface area contributed by atoms with E-state index in [1.807, 2.05) is 40.1 Å². The summed E-state index contributed by atoms with van der Waals surface area (Å²) in [5.74, 6) is 2.25. The molecule has 6 aromatic heterocycles. The number of aromatic amines is 1. The quantitative estimate of drug-likeness (QED) is 0.151. The Labute approximate surface area is 347 Å². The van der Waals surface area contributed by atoms with Crippen LogP contribution in [-0.2, 0) is 40.0 Å². The first kappa shape index (κ1) is 39.0. The number of halogens is 2. The minimum atomic E-state index is -0.302. The molecular weight excluding hydrogens is 787 g/mol. The van der Waals surface area contributed by atoms with Crippen LogP contribution in [0.25, 0.3) is 44.3 Å². The zero-order chi connectivity index (χ0) is 42.4. The van der Waals surface area contributed by atoms with Crippen molar-refractivity contribution < 1.29 is 23.0 Å². The summed E-state index contributed by atoms with van der Waals surface area (Å²) >= 11 is 0. The Hall–Kier alpha value is -7.50. The Morgan fingerprint density at radius 1 is 0.738 bits per heavy atom. The topological polar surface area (TPSA) is 185 Å². The molecule has 2 aromatic carbocycles. The average Bonchev–Trinajstić information content (AvgIpc) is 4.07. The maximum absolute atomic E-state index is 14.5. The summed E-state index contributed by atoms with van der Waals surface area (Å²) in [6, 6.07) is 10.0. The molecule has 0 radical (unpaired) electrons. The van der Waals surface area contributed by atoms with Crippen molar-refractivity contribution in [3.8, 4) is 39.9 Å². The molecule has 0 unspecified atom stereocenters. The molecule has 0 aliphatic carbocycles.